The zero-order chi connectivity index (χ0) is 16.7. The minimum atomic E-state index is -0.0522. The van der Waals surface area contributed by atoms with Gasteiger partial charge in [0.25, 0.3) is 5.91 Å². The first-order chi connectivity index (χ1) is 11.7. The average molecular weight is 325 g/mol. The minimum Gasteiger partial charge on any atom is -0.361 e. The van der Waals surface area contributed by atoms with Crippen LogP contribution in [0, 0.1) is 6.92 Å². The predicted molar refractivity (Wildman–Crippen MR) is 87.6 cm³/mol. The van der Waals surface area contributed by atoms with Gasteiger partial charge in [-0.05, 0) is 31.9 Å². The van der Waals surface area contributed by atoms with Crippen LogP contribution in [-0.2, 0) is 4.79 Å². The molecule has 6 nitrogen and oxygen atoms in total. The van der Waals surface area contributed by atoms with Gasteiger partial charge in [-0.15, -0.1) is 0 Å². The van der Waals surface area contributed by atoms with E-state index < -0.39 is 0 Å². The lowest BCUT2D eigenvalue weighted by Crippen LogP contribution is -2.53. The maximum absolute atomic E-state index is 12.8. The summed E-state index contributed by atoms with van der Waals surface area (Å²) in [4.78, 5) is 29.1. The highest BCUT2D eigenvalue weighted by molar-refractivity contribution is 5.98. The number of aromatic nitrogens is 1. The molecule has 0 spiro atoms. The van der Waals surface area contributed by atoms with Gasteiger partial charge in [-0.1, -0.05) is 23.4 Å². The zero-order valence-electron chi connectivity index (χ0n) is 13.5. The van der Waals surface area contributed by atoms with Gasteiger partial charge >= 0.3 is 0 Å². The lowest BCUT2D eigenvalue weighted by Gasteiger charge is -2.39. The van der Waals surface area contributed by atoms with Crippen LogP contribution in [0.5, 0.6) is 0 Å². The molecule has 2 aliphatic rings. The topological polar surface area (TPSA) is 66.7 Å². The monoisotopic (exact) mass is 325 g/mol. The van der Waals surface area contributed by atoms with Crippen LogP contribution < -0.4 is 4.90 Å². The molecule has 0 radical (unpaired) electrons. The highest BCUT2D eigenvalue weighted by Gasteiger charge is 2.45. The average Bonchev–Trinajstić information content (AvgIpc) is 3.21. The Morgan fingerprint density at radius 3 is 2.71 bits per heavy atom. The fraction of sp³-hybridized carbons (Fsp3) is 0.389. The number of para-hydroxylation sites is 1. The molecule has 0 N–H and O–H groups in total. The summed E-state index contributed by atoms with van der Waals surface area (Å²) in [6, 6.07) is 9.80. The molecule has 2 aliphatic heterocycles. The van der Waals surface area contributed by atoms with E-state index in [2.05, 4.69) is 5.16 Å². The molecule has 0 aliphatic carbocycles. The Hall–Kier alpha value is -2.63. The summed E-state index contributed by atoms with van der Waals surface area (Å²) in [5.41, 5.74) is 1.42. The summed E-state index contributed by atoms with van der Waals surface area (Å²) >= 11 is 0. The van der Waals surface area contributed by atoms with Gasteiger partial charge in [0, 0.05) is 18.7 Å². The van der Waals surface area contributed by atoms with Crippen LogP contribution >= 0.6 is 0 Å². The molecule has 0 bridgehead atoms. The maximum Gasteiger partial charge on any atom is 0.259 e. The fourth-order valence-corrected chi connectivity index (χ4v) is 3.90. The van der Waals surface area contributed by atoms with Crippen molar-refractivity contribution in [3.63, 3.8) is 0 Å². The molecule has 2 aromatic rings. The largest absolute Gasteiger partial charge is 0.361 e. The van der Waals surface area contributed by atoms with E-state index in [0.29, 0.717) is 30.7 Å². The van der Waals surface area contributed by atoms with Crippen LogP contribution in [0.4, 0.5) is 5.69 Å². The lowest BCUT2D eigenvalue weighted by atomic mass is 9.95. The smallest absolute Gasteiger partial charge is 0.259 e. The molecule has 6 heteroatoms. The van der Waals surface area contributed by atoms with Gasteiger partial charge in [0.15, 0.2) is 0 Å². The second kappa shape index (κ2) is 5.78. The number of nitrogens with zero attached hydrogens (tertiary/aromatic N) is 3. The number of hydrogen-bond donors (Lipinski definition) is 0. The van der Waals surface area contributed by atoms with E-state index in [1.54, 1.807) is 6.92 Å². The molecule has 1 aromatic carbocycles. The van der Waals surface area contributed by atoms with E-state index in [1.165, 1.54) is 6.20 Å². The Morgan fingerprint density at radius 1 is 1.21 bits per heavy atom. The Bertz CT molecular complexity index is 771. The molecule has 3 heterocycles. The van der Waals surface area contributed by atoms with E-state index in [9.17, 15) is 9.59 Å². The molecule has 4 rings (SSSR count). The molecule has 24 heavy (non-hydrogen) atoms. The number of aryl methyl sites for hydroxylation is 1. The van der Waals surface area contributed by atoms with Crippen molar-refractivity contribution in [2.24, 2.45) is 0 Å². The van der Waals surface area contributed by atoms with Crippen LogP contribution in [-0.4, -0.2) is 40.5 Å². The highest BCUT2D eigenvalue weighted by atomic mass is 16.5. The molecular weight excluding hydrogens is 306 g/mol. The second-order valence-corrected chi connectivity index (χ2v) is 6.36. The SMILES string of the molecule is Cc1oncc1C(=O)N1CC[C@@H]2[C@H]1CCC(=O)N2c1ccccc1. The normalized spacial score (nSPS) is 23.5. The van der Waals surface area contributed by atoms with E-state index in [0.717, 1.165) is 12.1 Å². The van der Waals surface area contributed by atoms with E-state index in [4.69, 9.17) is 4.52 Å². The molecule has 2 fully saturated rings. The maximum atomic E-state index is 12.8. The molecule has 2 atom stereocenters. The van der Waals surface area contributed by atoms with Crippen molar-refractivity contribution < 1.29 is 14.1 Å². The molecule has 2 amide bonds. The van der Waals surface area contributed by atoms with E-state index in [1.807, 2.05) is 40.1 Å². The van der Waals surface area contributed by atoms with Crippen molar-refractivity contribution in [3.8, 4) is 0 Å². The highest BCUT2D eigenvalue weighted by Crippen LogP contribution is 2.35. The first-order valence-corrected chi connectivity index (χ1v) is 8.26. The quantitative estimate of drug-likeness (QED) is 0.850. The van der Waals surface area contributed by atoms with Crippen LogP contribution in [0.3, 0.4) is 0 Å². The van der Waals surface area contributed by atoms with Crippen molar-refractivity contribution >= 4 is 17.5 Å². The first-order valence-electron chi connectivity index (χ1n) is 8.26. The Balaban J connectivity index is 1.62. The van der Waals surface area contributed by atoms with Gasteiger partial charge in [0.1, 0.15) is 11.3 Å². The van der Waals surface area contributed by atoms with Crippen LogP contribution in [0.15, 0.2) is 41.1 Å². The number of carbonyl (C=O) groups excluding carboxylic acids is 2. The summed E-state index contributed by atoms with van der Waals surface area (Å²) < 4.78 is 5.03. The standard InChI is InChI=1S/C18H19N3O3/c1-12-14(11-19-24-12)18(23)20-10-9-16-15(20)7-8-17(22)21(16)13-5-3-2-4-6-13/h2-6,11,15-16H,7-10H2,1H3/t15-,16-/m1/s1. The van der Waals surface area contributed by atoms with Crippen molar-refractivity contribution in [1.82, 2.24) is 10.1 Å². The summed E-state index contributed by atoms with van der Waals surface area (Å²) in [6.45, 7) is 2.39. The number of likely N-dealkylation sites (tertiary alicyclic amines) is 1. The number of hydrogen-bond acceptors (Lipinski definition) is 4. The van der Waals surface area contributed by atoms with E-state index in [-0.39, 0.29) is 23.9 Å². The number of anilines is 1. The fourth-order valence-electron chi connectivity index (χ4n) is 3.90. The summed E-state index contributed by atoms with van der Waals surface area (Å²) in [7, 11) is 0. The first kappa shape index (κ1) is 14.9. The van der Waals surface area contributed by atoms with E-state index >= 15 is 0 Å². The second-order valence-electron chi connectivity index (χ2n) is 6.36. The number of amides is 2. The Labute approximate surface area is 140 Å². The molecule has 0 saturated carbocycles. The number of carbonyl (C=O) groups is 2. The zero-order valence-corrected chi connectivity index (χ0v) is 13.5. The van der Waals surface area contributed by atoms with Gasteiger partial charge in [0.2, 0.25) is 5.91 Å². The van der Waals surface area contributed by atoms with Crippen LogP contribution in [0.2, 0.25) is 0 Å². The lowest BCUT2D eigenvalue weighted by molar-refractivity contribution is -0.120. The third kappa shape index (κ3) is 2.29. The van der Waals surface area contributed by atoms with Crippen LogP contribution in [0.1, 0.15) is 35.4 Å². The Morgan fingerprint density at radius 2 is 2.00 bits per heavy atom. The third-order valence-corrected chi connectivity index (χ3v) is 5.04. The number of benzene rings is 1. The van der Waals surface area contributed by atoms with Gasteiger partial charge in [-0.2, -0.15) is 0 Å². The van der Waals surface area contributed by atoms with Gasteiger partial charge in [-0.3, -0.25) is 9.59 Å². The Kier molecular flexibility index (Phi) is 3.59. The van der Waals surface area contributed by atoms with Crippen molar-refractivity contribution in [1.29, 1.82) is 0 Å². The van der Waals surface area contributed by atoms with Gasteiger partial charge in [0.05, 0.1) is 18.3 Å². The number of rotatable bonds is 2. The molecule has 0 unspecified atom stereocenters. The number of fused-ring (bicyclic) bond motifs is 1. The molecular formula is C18H19N3O3. The van der Waals surface area contributed by atoms with Crippen molar-refractivity contribution in [2.75, 3.05) is 11.4 Å². The molecule has 2 saturated heterocycles. The summed E-state index contributed by atoms with van der Waals surface area (Å²) in [5, 5.41) is 3.71. The van der Waals surface area contributed by atoms with Crippen LogP contribution in [0.25, 0.3) is 0 Å². The minimum absolute atomic E-state index is 0.0396. The summed E-state index contributed by atoms with van der Waals surface area (Å²) in [5.74, 6) is 0.622. The van der Waals surface area contributed by atoms with Gasteiger partial charge in [-0.25, -0.2) is 0 Å². The third-order valence-electron chi connectivity index (χ3n) is 5.04. The predicted octanol–water partition coefficient (Wildman–Crippen LogP) is 2.39. The van der Waals surface area contributed by atoms with Crippen molar-refractivity contribution in [3.05, 3.63) is 47.9 Å². The number of piperidine rings is 1. The molecule has 124 valence electrons. The molecule has 1 aromatic heterocycles. The van der Waals surface area contributed by atoms with Crippen molar-refractivity contribution in [2.45, 2.75) is 38.3 Å². The summed E-state index contributed by atoms with van der Waals surface area (Å²) in [6.07, 6.45) is 3.45. The van der Waals surface area contributed by atoms with Gasteiger partial charge < -0.3 is 14.3 Å².